The Bertz CT molecular complexity index is 1260. The monoisotopic (exact) mass is 403 g/mol. The van der Waals surface area contributed by atoms with Gasteiger partial charge in [-0.1, -0.05) is 103 Å². The van der Waals surface area contributed by atoms with Crippen molar-refractivity contribution in [3.05, 3.63) is 115 Å². The molecule has 0 N–H and O–H groups in total. The Morgan fingerprint density at radius 3 is 1.32 bits per heavy atom. The van der Waals surface area contributed by atoms with Crippen molar-refractivity contribution in [1.82, 2.24) is 15.0 Å². The molecule has 0 aliphatic carbocycles. The van der Waals surface area contributed by atoms with E-state index in [-0.39, 0.29) is 5.82 Å². The summed E-state index contributed by atoms with van der Waals surface area (Å²) in [6, 6.07) is 34.1. The molecule has 0 unspecified atom stereocenters. The van der Waals surface area contributed by atoms with E-state index in [2.05, 4.69) is 15.0 Å². The minimum Gasteiger partial charge on any atom is -0.208 e. The fourth-order valence-corrected chi connectivity index (χ4v) is 3.47. The molecule has 0 aliphatic rings. The molecule has 31 heavy (non-hydrogen) atoms. The van der Waals surface area contributed by atoms with Crippen molar-refractivity contribution < 1.29 is 4.39 Å². The van der Waals surface area contributed by atoms with Crippen molar-refractivity contribution in [1.29, 1.82) is 0 Å². The van der Waals surface area contributed by atoms with Crippen LogP contribution in [0, 0.1) is 5.82 Å². The molecule has 0 atom stereocenters. The number of aromatic nitrogens is 3. The third-order valence-corrected chi connectivity index (χ3v) is 5.02. The van der Waals surface area contributed by atoms with Gasteiger partial charge in [0, 0.05) is 16.7 Å². The van der Waals surface area contributed by atoms with Gasteiger partial charge in [0.05, 0.1) is 5.56 Å². The lowest BCUT2D eigenvalue weighted by atomic mass is 10.0. The van der Waals surface area contributed by atoms with E-state index in [1.54, 1.807) is 12.1 Å². The van der Waals surface area contributed by atoms with E-state index in [1.807, 2.05) is 97.1 Å². The Labute approximate surface area is 179 Å². The third-order valence-electron chi connectivity index (χ3n) is 5.02. The standard InChI is InChI=1S/C27H18FN3/c28-24-22(19-11-4-1-5-12-19)17-10-18-23(24)27-30-25(20-13-6-2-7-14-20)29-26(31-27)21-15-8-3-9-16-21/h1-18H. The van der Waals surface area contributed by atoms with Gasteiger partial charge >= 0.3 is 0 Å². The van der Waals surface area contributed by atoms with Crippen molar-refractivity contribution in [3.8, 4) is 45.3 Å². The number of hydrogen-bond acceptors (Lipinski definition) is 3. The number of nitrogens with zero attached hydrogens (tertiary/aromatic N) is 3. The van der Waals surface area contributed by atoms with Crippen molar-refractivity contribution in [3.63, 3.8) is 0 Å². The predicted molar refractivity (Wildman–Crippen MR) is 122 cm³/mol. The average Bonchev–Trinajstić information content (AvgIpc) is 2.85. The van der Waals surface area contributed by atoms with Gasteiger partial charge in [-0.25, -0.2) is 19.3 Å². The van der Waals surface area contributed by atoms with Crippen LogP contribution in [-0.4, -0.2) is 15.0 Å². The summed E-state index contributed by atoms with van der Waals surface area (Å²) in [5.74, 6) is 0.976. The minimum atomic E-state index is -0.349. The van der Waals surface area contributed by atoms with E-state index >= 15 is 4.39 Å². The number of halogens is 1. The normalized spacial score (nSPS) is 10.7. The van der Waals surface area contributed by atoms with Crippen LogP contribution < -0.4 is 0 Å². The second kappa shape index (κ2) is 8.28. The van der Waals surface area contributed by atoms with Crippen molar-refractivity contribution in [2.24, 2.45) is 0 Å². The smallest absolute Gasteiger partial charge is 0.167 e. The molecule has 0 fully saturated rings. The zero-order valence-electron chi connectivity index (χ0n) is 16.6. The Balaban J connectivity index is 1.71. The maximum atomic E-state index is 15.6. The van der Waals surface area contributed by atoms with Crippen LogP contribution in [0.1, 0.15) is 0 Å². The van der Waals surface area contributed by atoms with Crippen LogP contribution in [0.3, 0.4) is 0 Å². The van der Waals surface area contributed by atoms with Crippen LogP contribution >= 0.6 is 0 Å². The highest BCUT2D eigenvalue weighted by atomic mass is 19.1. The Hall–Kier alpha value is -4.18. The highest BCUT2D eigenvalue weighted by Crippen LogP contribution is 2.31. The summed E-state index contributed by atoms with van der Waals surface area (Å²) in [5.41, 5.74) is 3.37. The Morgan fingerprint density at radius 2 is 0.806 bits per heavy atom. The van der Waals surface area contributed by atoms with E-state index in [0.717, 1.165) is 16.7 Å². The molecule has 1 heterocycles. The molecule has 4 heteroatoms. The summed E-state index contributed by atoms with van der Waals surface area (Å²) in [6.45, 7) is 0. The largest absolute Gasteiger partial charge is 0.208 e. The molecule has 0 spiro atoms. The molecule has 3 nitrogen and oxygen atoms in total. The van der Waals surface area contributed by atoms with E-state index in [4.69, 9.17) is 0 Å². The van der Waals surface area contributed by atoms with Gasteiger partial charge in [-0.2, -0.15) is 0 Å². The molecule has 5 rings (SSSR count). The quantitative estimate of drug-likeness (QED) is 0.336. The van der Waals surface area contributed by atoms with Gasteiger partial charge in [0.1, 0.15) is 5.82 Å². The van der Waals surface area contributed by atoms with Gasteiger partial charge in [0.25, 0.3) is 0 Å². The zero-order chi connectivity index (χ0) is 21.0. The molecular weight excluding hydrogens is 385 g/mol. The predicted octanol–water partition coefficient (Wildman–Crippen LogP) is 6.68. The first-order chi connectivity index (χ1) is 15.3. The number of benzene rings is 4. The molecule has 148 valence electrons. The lowest BCUT2D eigenvalue weighted by Gasteiger charge is -2.11. The van der Waals surface area contributed by atoms with Crippen molar-refractivity contribution >= 4 is 0 Å². The van der Waals surface area contributed by atoms with Crippen LogP contribution in [0.4, 0.5) is 4.39 Å². The second-order valence-corrected chi connectivity index (χ2v) is 7.07. The van der Waals surface area contributed by atoms with Crippen LogP contribution in [0.25, 0.3) is 45.3 Å². The van der Waals surface area contributed by atoms with Crippen LogP contribution in [0.15, 0.2) is 109 Å². The van der Waals surface area contributed by atoms with Crippen LogP contribution in [0.5, 0.6) is 0 Å². The summed E-state index contributed by atoms with van der Waals surface area (Å²) in [6.07, 6.45) is 0. The van der Waals surface area contributed by atoms with E-state index in [9.17, 15) is 0 Å². The SMILES string of the molecule is Fc1c(-c2ccccc2)cccc1-c1nc(-c2ccccc2)nc(-c2ccccc2)n1. The molecule has 0 radical (unpaired) electrons. The van der Waals surface area contributed by atoms with E-state index < -0.39 is 0 Å². The molecule has 0 aliphatic heterocycles. The minimum absolute atomic E-state index is 0.308. The summed E-state index contributed by atoms with van der Waals surface area (Å²) < 4.78 is 15.6. The fourth-order valence-electron chi connectivity index (χ4n) is 3.47. The molecule has 4 aromatic carbocycles. The molecular formula is C27H18FN3. The van der Waals surface area contributed by atoms with Gasteiger partial charge in [0.2, 0.25) is 0 Å². The molecule has 0 bridgehead atoms. The van der Waals surface area contributed by atoms with Gasteiger partial charge in [0.15, 0.2) is 17.5 Å². The van der Waals surface area contributed by atoms with Gasteiger partial charge in [-0.15, -0.1) is 0 Å². The second-order valence-electron chi connectivity index (χ2n) is 7.07. The van der Waals surface area contributed by atoms with E-state index in [1.165, 1.54) is 0 Å². The first-order valence-corrected chi connectivity index (χ1v) is 10.0. The zero-order valence-corrected chi connectivity index (χ0v) is 16.6. The highest BCUT2D eigenvalue weighted by Gasteiger charge is 2.17. The first-order valence-electron chi connectivity index (χ1n) is 10.0. The lowest BCUT2D eigenvalue weighted by molar-refractivity contribution is 0.633. The lowest BCUT2D eigenvalue weighted by Crippen LogP contribution is -2.01. The summed E-state index contributed by atoms with van der Waals surface area (Å²) >= 11 is 0. The van der Waals surface area contributed by atoms with Crippen molar-refractivity contribution in [2.45, 2.75) is 0 Å². The van der Waals surface area contributed by atoms with Gasteiger partial charge < -0.3 is 0 Å². The number of hydrogen-bond donors (Lipinski definition) is 0. The topological polar surface area (TPSA) is 38.7 Å². The third kappa shape index (κ3) is 3.83. The first kappa shape index (κ1) is 18.8. The van der Waals surface area contributed by atoms with Crippen LogP contribution in [-0.2, 0) is 0 Å². The molecule has 0 saturated heterocycles. The summed E-state index contributed by atoms with van der Waals surface area (Å²) in [7, 11) is 0. The van der Waals surface area contributed by atoms with Crippen LogP contribution in [0.2, 0.25) is 0 Å². The average molecular weight is 403 g/mol. The molecule has 1 aromatic heterocycles. The number of rotatable bonds is 4. The molecule has 5 aromatic rings. The maximum Gasteiger partial charge on any atom is 0.167 e. The maximum absolute atomic E-state index is 15.6. The van der Waals surface area contributed by atoms with Gasteiger partial charge in [-0.3, -0.25) is 0 Å². The highest BCUT2D eigenvalue weighted by molar-refractivity contribution is 5.73. The Morgan fingerprint density at radius 1 is 0.387 bits per heavy atom. The molecule has 0 saturated carbocycles. The Kier molecular flexibility index (Phi) is 5.03. The van der Waals surface area contributed by atoms with Gasteiger partial charge in [-0.05, 0) is 11.6 Å². The summed E-state index contributed by atoms with van der Waals surface area (Å²) in [4.78, 5) is 13.9. The summed E-state index contributed by atoms with van der Waals surface area (Å²) in [5, 5.41) is 0. The van der Waals surface area contributed by atoms with E-state index in [0.29, 0.717) is 28.6 Å². The fraction of sp³-hybridized carbons (Fsp3) is 0. The molecule has 0 amide bonds. The van der Waals surface area contributed by atoms with Crippen molar-refractivity contribution in [2.75, 3.05) is 0 Å².